The number of nitrogens with two attached hydrogens (primary N) is 1. The summed E-state index contributed by atoms with van der Waals surface area (Å²) in [6.45, 7) is 8.44. The lowest BCUT2D eigenvalue weighted by molar-refractivity contribution is 0.204. The highest BCUT2D eigenvalue weighted by molar-refractivity contribution is 5.34. The van der Waals surface area contributed by atoms with Gasteiger partial charge in [0.15, 0.2) is 0 Å². The van der Waals surface area contributed by atoms with Gasteiger partial charge < -0.3 is 10.6 Å². The SMILES string of the molecule is Cc1ccc(C(N(C)C)C(C)(C)N)c(C)c1. The molecule has 16 heavy (non-hydrogen) atoms. The zero-order valence-electron chi connectivity index (χ0n) is 11.3. The molecule has 0 amide bonds. The Balaban J connectivity index is 3.22. The van der Waals surface area contributed by atoms with E-state index in [-0.39, 0.29) is 11.6 Å². The number of likely N-dealkylation sites (N-methyl/N-ethyl adjacent to an activating group) is 1. The number of hydrogen-bond donors (Lipinski definition) is 1. The molecule has 1 atom stereocenters. The maximum atomic E-state index is 6.28. The molecule has 0 saturated carbocycles. The molecule has 0 aliphatic rings. The smallest absolute Gasteiger partial charge is 0.0520 e. The third kappa shape index (κ3) is 2.83. The number of aryl methyl sites for hydroxylation is 2. The lowest BCUT2D eigenvalue weighted by Gasteiger charge is -2.37. The van der Waals surface area contributed by atoms with Crippen LogP contribution in [0.1, 0.15) is 36.6 Å². The molecule has 2 N–H and O–H groups in total. The fraction of sp³-hybridized carbons (Fsp3) is 0.571. The molecule has 1 aromatic carbocycles. The Hall–Kier alpha value is -0.860. The topological polar surface area (TPSA) is 29.3 Å². The van der Waals surface area contributed by atoms with Gasteiger partial charge >= 0.3 is 0 Å². The largest absolute Gasteiger partial charge is 0.324 e. The van der Waals surface area contributed by atoms with Crippen LogP contribution in [0.5, 0.6) is 0 Å². The molecule has 0 heterocycles. The van der Waals surface area contributed by atoms with Crippen molar-refractivity contribution in [1.82, 2.24) is 4.90 Å². The summed E-state index contributed by atoms with van der Waals surface area (Å²) in [4.78, 5) is 2.19. The lowest BCUT2D eigenvalue weighted by atomic mass is 9.86. The average Bonchev–Trinajstić information content (AvgIpc) is 2.06. The molecule has 2 heteroatoms. The van der Waals surface area contributed by atoms with Crippen LogP contribution in [0, 0.1) is 13.8 Å². The van der Waals surface area contributed by atoms with Gasteiger partial charge in [-0.1, -0.05) is 23.8 Å². The van der Waals surface area contributed by atoms with Crippen LogP contribution in [0.2, 0.25) is 0 Å². The molecule has 0 saturated heterocycles. The summed E-state index contributed by atoms with van der Waals surface area (Å²) in [5.41, 5.74) is 9.97. The lowest BCUT2D eigenvalue weighted by Crippen LogP contribution is -2.46. The Labute approximate surface area is 99.5 Å². The third-order valence-corrected chi connectivity index (χ3v) is 2.94. The summed E-state index contributed by atoms with van der Waals surface area (Å²) < 4.78 is 0. The van der Waals surface area contributed by atoms with E-state index in [9.17, 15) is 0 Å². The Morgan fingerprint density at radius 1 is 1.19 bits per heavy atom. The molecule has 0 bridgehead atoms. The molecular formula is C14H24N2. The maximum Gasteiger partial charge on any atom is 0.0520 e. The van der Waals surface area contributed by atoms with Crippen molar-refractivity contribution in [2.45, 2.75) is 39.3 Å². The Morgan fingerprint density at radius 2 is 1.75 bits per heavy atom. The molecule has 0 aliphatic heterocycles. The van der Waals surface area contributed by atoms with Crippen molar-refractivity contribution in [3.05, 3.63) is 34.9 Å². The van der Waals surface area contributed by atoms with Crippen LogP contribution in [0.15, 0.2) is 18.2 Å². The van der Waals surface area contributed by atoms with Crippen LogP contribution in [-0.2, 0) is 0 Å². The van der Waals surface area contributed by atoms with E-state index in [1.165, 1.54) is 16.7 Å². The second kappa shape index (κ2) is 4.56. The minimum Gasteiger partial charge on any atom is -0.324 e. The summed E-state index contributed by atoms with van der Waals surface area (Å²) >= 11 is 0. The molecule has 2 nitrogen and oxygen atoms in total. The van der Waals surface area contributed by atoms with Gasteiger partial charge in [0.2, 0.25) is 0 Å². The van der Waals surface area contributed by atoms with Crippen molar-refractivity contribution in [2.75, 3.05) is 14.1 Å². The summed E-state index contributed by atoms with van der Waals surface area (Å²) in [5.74, 6) is 0. The van der Waals surface area contributed by atoms with Crippen LogP contribution in [0.4, 0.5) is 0 Å². The van der Waals surface area contributed by atoms with Gasteiger partial charge in [0, 0.05) is 5.54 Å². The first-order valence-corrected chi connectivity index (χ1v) is 5.76. The first-order chi connectivity index (χ1) is 7.23. The summed E-state index contributed by atoms with van der Waals surface area (Å²) in [5, 5.41) is 0. The van der Waals surface area contributed by atoms with Crippen molar-refractivity contribution >= 4 is 0 Å². The fourth-order valence-electron chi connectivity index (χ4n) is 2.48. The first kappa shape index (κ1) is 13.2. The van der Waals surface area contributed by atoms with Gasteiger partial charge in [-0.15, -0.1) is 0 Å². The zero-order chi connectivity index (χ0) is 12.5. The monoisotopic (exact) mass is 220 g/mol. The number of benzene rings is 1. The van der Waals surface area contributed by atoms with E-state index >= 15 is 0 Å². The van der Waals surface area contributed by atoms with Crippen molar-refractivity contribution in [3.63, 3.8) is 0 Å². The standard InChI is InChI=1S/C14H24N2/c1-10-7-8-12(11(2)9-10)13(16(5)6)14(3,4)15/h7-9,13H,15H2,1-6H3. The number of nitrogens with zero attached hydrogens (tertiary/aromatic N) is 1. The Morgan fingerprint density at radius 3 is 2.12 bits per heavy atom. The van der Waals surface area contributed by atoms with Gasteiger partial charge in [0.1, 0.15) is 0 Å². The predicted octanol–water partition coefficient (Wildman–Crippen LogP) is 2.64. The highest BCUT2D eigenvalue weighted by atomic mass is 15.1. The van der Waals surface area contributed by atoms with E-state index in [0.29, 0.717) is 0 Å². The third-order valence-electron chi connectivity index (χ3n) is 2.94. The molecule has 1 rings (SSSR count). The first-order valence-electron chi connectivity index (χ1n) is 5.76. The molecule has 90 valence electrons. The molecular weight excluding hydrogens is 196 g/mol. The number of hydrogen-bond acceptors (Lipinski definition) is 2. The van der Waals surface area contributed by atoms with Crippen LogP contribution in [0.3, 0.4) is 0 Å². The van der Waals surface area contributed by atoms with Crippen molar-refractivity contribution < 1.29 is 0 Å². The molecule has 1 unspecified atom stereocenters. The van der Waals surface area contributed by atoms with Crippen molar-refractivity contribution in [1.29, 1.82) is 0 Å². The van der Waals surface area contributed by atoms with Crippen molar-refractivity contribution in [3.8, 4) is 0 Å². The van der Waals surface area contributed by atoms with E-state index in [4.69, 9.17) is 5.73 Å². The number of rotatable bonds is 3. The second-order valence-electron chi connectivity index (χ2n) is 5.55. The normalized spacial score (nSPS) is 14.2. The summed E-state index contributed by atoms with van der Waals surface area (Å²) in [6.07, 6.45) is 0. The Bertz CT molecular complexity index is 361. The molecule has 0 aliphatic carbocycles. The van der Waals surface area contributed by atoms with Crippen molar-refractivity contribution in [2.24, 2.45) is 5.73 Å². The van der Waals surface area contributed by atoms with E-state index in [2.05, 4.69) is 64.9 Å². The highest BCUT2D eigenvalue weighted by Crippen LogP contribution is 2.30. The molecule has 0 aromatic heterocycles. The van der Waals surface area contributed by atoms with Crippen LogP contribution < -0.4 is 5.73 Å². The van der Waals surface area contributed by atoms with E-state index in [1.807, 2.05) is 0 Å². The molecule has 0 radical (unpaired) electrons. The Kier molecular flexibility index (Phi) is 3.76. The minimum absolute atomic E-state index is 0.244. The van der Waals surface area contributed by atoms with Crippen LogP contribution >= 0.6 is 0 Å². The van der Waals surface area contributed by atoms with Gasteiger partial charge in [0.05, 0.1) is 6.04 Å². The average molecular weight is 220 g/mol. The second-order valence-corrected chi connectivity index (χ2v) is 5.55. The van der Waals surface area contributed by atoms with Gasteiger partial charge in [-0.25, -0.2) is 0 Å². The van der Waals surface area contributed by atoms with Gasteiger partial charge in [0.25, 0.3) is 0 Å². The van der Waals surface area contributed by atoms with Gasteiger partial charge in [-0.3, -0.25) is 0 Å². The summed E-state index contributed by atoms with van der Waals surface area (Å²) in [7, 11) is 4.16. The summed E-state index contributed by atoms with van der Waals surface area (Å²) in [6, 6.07) is 6.82. The zero-order valence-corrected chi connectivity index (χ0v) is 11.3. The maximum absolute atomic E-state index is 6.28. The van der Waals surface area contributed by atoms with Gasteiger partial charge in [-0.2, -0.15) is 0 Å². The van der Waals surface area contributed by atoms with E-state index in [1.54, 1.807) is 0 Å². The molecule has 0 fully saturated rings. The van der Waals surface area contributed by atoms with Crippen LogP contribution in [-0.4, -0.2) is 24.5 Å². The van der Waals surface area contributed by atoms with E-state index < -0.39 is 0 Å². The predicted molar refractivity (Wildman–Crippen MR) is 70.6 cm³/mol. The van der Waals surface area contributed by atoms with E-state index in [0.717, 1.165) is 0 Å². The quantitative estimate of drug-likeness (QED) is 0.848. The molecule has 1 aromatic rings. The highest BCUT2D eigenvalue weighted by Gasteiger charge is 2.29. The fourth-order valence-corrected chi connectivity index (χ4v) is 2.48. The van der Waals surface area contributed by atoms with Gasteiger partial charge in [-0.05, 0) is 52.9 Å². The molecule has 0 spiro atoms. The van der Waals surface area contributed by atoms with Crippen LogP contribution in [0.25, 0.3) is 0 Å². The minimum atomic E-state index is -0.247.